The molecule has 0 saturated carbocycles. The zero-order chi connectivity index (χ0) is 11.6. The van der Waals surface area contributed by atoms with Crippen molar-refractivity contribution >= 4 is 5.69 Å². The van der Waals surface area contributed by atoms with Gasteiger partial charge < -0.3 is 15.2 Å². The van der Waals surface area contributed by atoms with Crippen molar-refractivity contribution in [2.45, 2.75) is 6.18 Å². The van der Waals surface area contributed by atoms with Crippen molar-refractivity contribution < 1.29 is 22.6 Å². The van der Waals surface area contributed by atoms with E-state index in [2.05, 4.69) is 0 Å². The summed E-state index contributed by atoms with van der Waals surface area (Å²) in [6.07, 6.45) is -4.50. The van der Waals surface area contributed by atoms with Crippen LogP contribution < -0.4 is 15.2 Å². The monoisotopic (exact) mass is 221 g/mol. The van der Waals surface area contributed by atoms with Crippen LogP contribution in [0.3, 0.4) is 0 Å². The molecule has 0 amide bonds. The Morgan fingerprint density at radius 1 is 1.07 bits per heavy atom. The fourth-order valence-electron chi connectivity index (χ4n) is 1.14. The SMILES string of the molecule is COc1cc(N)c(C(F)(F)F)cc1OC. The van der Waals surface area contributed by atoms with Gasteiger partial charge in [0, 0.05) is 11.8 Å². The summed E-state index contributed by atoms with van der Waals surface area (Å²) < 4.78 is 46.8. The number of rotatable bonds is 2. The fraction of sp³-hybridized carbons (Fsp3) is 0.333. The molecule has 84 valence electrons. The molecular formula is C9H10F3NO2. The first-order valence-corrected chi connectivity index (χ1v) is 3.99. The van der Waals surface area contributed by atoms with Gasteiger partial charge in [-0.15, -0.1) is 0 Å². The molecule has 3 nitrogen and oxygen atoms in total. The summed E-state index contributed by atoms with van der Waals surface area (Å²) in [4.78, 5) is 0. The minimum Gasteiger partial charge on any atom is -0.493 e. The lowest BCUT2D eigenvalue weighted by atomic mass is 10.1. The van der Waals surface area contributed by atoms with E-state index in [0.717, 1.165) is 12.1 Å². The largest absolute Gasteiger partial charge is 0.493 e. The zero-order valence-corrected chi connectivity index (χ0v) is 8.18. The molecule has 0 unspecified atom stereocenters. The van der Waals surface area contributed by atoms with E-state index in [1.807, 2.05) is 0 Å². The molecule has 15 heavy (non-hydrogen) atoms. The van der Waals surface area contributed by atoms with Crippen LogP contribution in [0, 0.1) is 0 Å². The summed E-state index contributed by atoms with van der Waals surface area (Å²) in [5.74, 6) is 0.169. The van der Waals surface area contributed by atoms with Crippen LogP contribution in [-0.2, 0) is 6.18 Å². The number of benzene rings is 1. The first kappa shape index (κ1) is 11.5. The highest BCUT2D eigenvalue weighted by Crippen LogP contribution is 2.40. The van der Waals surface area contributed by atoms with Gasteiger partial charge in [-0.3, -0.25) is 0 Å². The highest BCUT2D eigenvalue weighted by atomic mass is 19.4. The second-order valence-electron chi connectivity index (χ2n) is 2.79. The van der Waals surface area contributed by atoms with E-state index < -0.39 is 11.7 Å². The first-order chi connectivity index (χ1) is 6.90. The Hall–Kier alpha value is -1.59. The van der Waals surface area contributed by atoms with E-state index in [0.29, 0.717) is 0 Å². The number of hydrogen-bond donors (Lipinski definition) is 1. The highest BCUT2D eigenvalue weighted by Gasteiger charge is 2.34. The van der Waals surface area contributed by atoms with Gasteiger partial charge in [0.15, 0.2) is 11.5 Å². The molecule has 0 fully saturated rings. The van der Waals surface area contributed by atoms with Crippen LogP contribution in [0.15, 0.2) is 12.1 Å². The third-order valence-electron chi connectivity index (χ3n) is 1.86. The number of alkyl halides is 3. The zero-order valence-electron chi connectivity index (χ0n) is 8.18. The number of ether oxygens (including phenoxy) is 2. The topological polar surface area (TPSA) is 44.5 Å². The Morgan fingerprint density at radius 2 is 1.53 bits per heavy atom. The molecule has 0 bridgehead atoms. The number of anilines is 1. The van der Waals surface area contributed by atoms with E-state index >= 15 is 0 Å². The number of hydrogen-bond acceptors (Lipinski definition) is 3. The molecule has 0 atom stereocenters. The molecule has 2 N–H and O–H groups in total. The Balaban J connectivity index is 3.32. The van der Waals surface area contributed by atoms with E-state index in [4.69, 9.17) is 15.2 Å². The van der Waals surface area contributed by atoms with Crippen molar-refractivity contribution in [1.82, 2.24) is 0 Å². The van der Waals surface area contributed by atoms with Gasteiger partial charge in [0.05, 0.1) is 19.8 Å². The first-order valence-electron chi connectivity index (χ1n) is 3.99. The summed E-state index contributed by atoms with van der Waals surface area (Å²) >= 11 is 0. The third kappa shape index (κ3) is 2.26. The predicted octanol–water partition coefficient (Wildman–Crippen LogP) is 2.30. The maximum atomic E-state index is 12.4. The minimum absolute atomic E-state index is 0.000903. The van der Waals surface area contributed by atoms with Crippen molar-refractivity contribution in [3.8, 4) is 11.5 Å². The summed E-state index contributed by atoms with van der Waals surface area (Å²) in [5, 5.41) is 0. The maximum absolute atomic E-state index is 12.4. The molecule has 0 radical (unpaired) electrons. The molecule has 0 heterocycles. The van der Waals surface area contributed by atoms with Gasteiger partial charge in [-0.25, -0.2) is 0 Å². The Bertz CT molecular complexity index is 363. The van der Waals surface area contributed by atoms with E-state index in [1.165, 1.54) is 14.2 Å². The smallest absolute Gasteiger partial charge is 0.418 e. The van der Waals surface area contributed by atoms with Crippen molar-refractivity contribution in [3.05, 3.63) is 17.7 Å². The Kier molecular flexibility index (Phi) is 2.97. The molecule has 0 aliphatic rings. The van der Waals surface area contributed by atoms with Gasteiger partial charge >= 0.3 is 6.18 Å². The van der Waals surface area contributed by atoms with Crippen LogP contribution in [0.5, 0.6) is 11.5 Å². The number of methoxy groups -OCH3 is 2. The average Bonchev–Trinajstić information content (AvgIpc) is 2.15. The fourth-order valence-corrected chi connectivity index (χ4v) is 1.14. The van der Waals surface area contributed by atoms with Gasteiger partial charge in [0.25, 0.3) is 0 Å². The Labute approximate surface area is 84.6 Å². The van der Waals surface area contributed by atoms with Gasteiger partial charge in [0.2, 0.25) is 0 Å². The molecule has 0 aliphatic carbocycles. The summed E-state index contributed by atoms with van der Waals surface area (Å²) in [6.45, 7) is 0. The van der Waals surface area contributed by atoms with Crippen LogP contribution in [0.1, 0.15) is 5.56 Å². The van der Waals surface area contributed by atoms with Crippen molar-refractivity contribution in [1.29, 1.82) is 0 Å². The third-order valence-corrected chi connectivity index (χ3v) is 1.86. The standard InChI is InChI=1S/C9H10F3NO2/c1-14-7-3-5(9(10,11)12)6(13)4-8(7)15-2/h3-4H,13H2,1-2H3. The number of nitrogens with two attached hydrogens (primary N) is 1. The molecule has 1 rings (SSSR count). The number of halogens is 3. The summed E-state index contributed by atoms with van der Waals surface area (Å²) in [5.41, 5.74) is 3.93. The van der Waals surface area contributed by atoms with Crippen molar-refractivity contribution in [3.63, 3.8) is 0 Å². The Morgan fingerprint density at radius 3 is 1.93 bits per heavy atom. The predicted molar refractivity (Wildman–Crippen MR) is 49.0 cm³/mol. The lowest BCUT2D eigenvalue weighted by Crippen LogP contribution is -2.09. The molecule has 0 saturated heterocycles. The molecule has 1 aromatic carbocycles. The van der Waals surface area contributed by atoms with Gasteiger partial charge in [-0.05, 0) is 6.07 Å². The van der Waals surface area contributed by atoms with E-state index in [1.54, 1.807) is 0 Å². The second kappa shape index (κ2) is 3.88. The van der Waals surface area contributed by atoms with Gasteiger partial charge in [-0.1, -0.05) is 0 Å². The average molecular weight is 221 g/mol. The minimum atomic E-state index is -4.50. The van der Waals surface area contributed by atoms with Crippen LogP contribution in [-0.4, -0.2) is 14.2 Å². The lowest BCUT2D eigenvalue weighted by molar-refractivity contribution is -0.137. The maximum Gasteiger partial charge on any atom is 0.418 e. The molecule has 6 heteroatoms. The molecule has 0 spiro atoms. The molecular weight excluding hydrogens is 211 g/mol. The van der Waals surface area contributed by atoms with Crippen LogP contribution >= 0.6 is 0 Å². The van der Waals surface area contributed by atoms with Gasteiger partial charge in [0.1, 0.15) is 0 Å². The van der Waals surface area contributed by atoms with Crippen LogP contribution in [0.4, 0.5) is 18.9 Å². The highest BCUT2D eigenvalue weighted by molar-refractivity contribution is 5.58. The van der Waals surface area contributed by atoms with Crippen molar-refractivity contribution in [2.24, 2.45) is 0 Å². The summed E-state index contributed by atoms with van der Waals surface area (Å²) in [6, 6.07) is 1.90. The second-order valence-corrected chi connectivity index (χ2v) is 2.79. The molecule has 0 aromatic heterocycles. The van der Waals surface area contributed by atoms with E-state index in [-0.39, 0.29) is 17.2 Å². The van der Waals surface area contributed by atoms with Gasteiger partial charge in [-0.2, -0.15) is 13.2 Å². The lowest BCUT2D eigenvalue weighted by Gasteiger charge is -2.14. The molecule has 1 aromatic rings. The normalized spacial score (nSPS) is 11.3. The van der Waals surface area contributed by atoms with Crippen LogP contribution in [0.25, 0.3) is 0 Å². The quantitative estimate of drug-likeness (QED) is 0.779. The number of nitrogen functional groups attached to an aromatic ring is 1. The summed E-state index contributed by atoms with van der Waals surface area (Å²) in [7, 11) is 2.58. The van der Waals surface area contributed by atoms with Crippen molar-refractivity contribution in [2.75, 3.05) is 20.0 Å². The van der Waals surface area contributed by atoms with E-state index in [9.17, 15) is 13.2 Å². The van der Waals surface area contributed by atoms with Crippen LogP contribution in [0.2, 0.25) is 0 Å². The molecule has 0 aliphatic heterocycles.